The van der Waals surface area contributed by atoms with E-state index in [0.29, 0.717) is 44.2 Å². The van der Waals surface area contributed by atoms with Crippen LogP contribution >= 0.6 is 0 Å². The molecule has 124 valence electrons. The molecule has 0 fully saturated rings. The normalized spacial score (nSPS) is 10.7. The molecule has 6 nitrogen and oxygen atoms in total. The van der Waals surface area contributed by atoms with Gasteiger partial charge in [0, 0.05) is 45.7 Å². The van der Waals surface area contributed by atoms with Gasteiger partial charge in [-0.3, -0.25) is 4.79 Å². The Bertz CT molecular complexity index is 598. The fourth-order valence-electron chi connectivity index (χ4n) is 2.20. The zero-order valence-corrected chi connectivity index (χ0v) is 13.7. The van der Waals surface area contributed by atoms with Crippen molar-refractivity contribution < 1.29 is 13.9 Å². The Morgan fingerprint density at radius 3 is 2.74 bits per heavy atom. The molecule has 1 heterocycles. The van der Waals surface area contributed by atoms with Crippen molar-refractivity contribution >= 4 is 5.91 Å². The van der Waals surface area contributed by atoms with Gasteiger partial charge in [0.05, 0.1) is 0 Å². The van der Waals surface area contributed by atoms with Gasteiger partial charge in [0.2, 0.25) is 17.7 Å². The van der Waals surface area contributed by atoms with Gasteiger partial charge >= 0.3 is 0 Å². The van der Waals surface area contributed by atoms with Crippen LogP contribution in [0.1, 0.15) is 25.2 Å². The van der Waals surface area contributed by atoms with Crippen LogP contribution in [0.15, 0.2) is 34.7 Å². The largest absolute Gasteiger partial charge is 0.421 e. The minimum atomic E-state index is 0.129. The number of amides is 1. The molecule has 0 aliphatic rings. The van der Waals surface area contributed by atoms with Gasteiger partial charge in [0.1, 0.15) is 0 Å². The third kappa shape index (κ3) is 5.49. The van der Waals surface area contributed by atoms with Gasteiger partial charge in [0.25, 0.3) is 0 Å². The number of benzene rings is 1. The van der Waals surface area contributed by atoms with Gasteiger partial charge in [-0.1, -0.05) is 18.2 Å². The summed E-state index contributed by atoms with van der Waals surface area (Å²) in [5.41, 5.74) is 0.903. The number of nitrogens with zero attached hydrogens (tertiary/aromatic N) is 3. The molecule has 1 aromatic heterocycles. The van der Waals surface area contributed by atoms with E-state index in [0.717, 1.165) is 12.0 Å². The van der Waals surface area contributed by atoms with Crippen LogP contribution in [0.3, 0.4) is 0 Å². The van der Waals surface area contributed by atoms with Gasteiger partial charge in [-0.25, -0.2) is 0 Å². The Labute approximate surface area is 136 Å². The van der Waals surface area contributed by atoms with E-state index in [4.69, 9.17) is 9.15 Å². The summed E-state index contributed by atoms with van der Waals surface area (Å²) in [6, 6.07) is 9.65. The van der Waals surface area contributed by atoms with E-state index in [1.165, 1.54) is 0 Å². The molecule has 0 spiro atoms. The minimum Gasteiger partial charge on any atom is -0.421 e. The Morgan fingerprint density at radius 1 is 1.22 bits per heavy atom. The summed E-state index contributed by atoms with van der Waals surface area (Å²) in [6.45, 7) is 1.38. The molecule has 0 unspecified atom stereocenters. The molecule has 23 heavy (non-hydrogen) atoms. The molecule has 0 aliphatic heterocycles. The summed E-state index contributed by atoms with van der Waals surface area (Å²) in [7, 11) is 3.48. The number of rotatable bonds is 9. The van der Waals surface area contributed by atoms with Crippen LogP contribution < -0.4 is 0 Å². The Morgan fingerprint density at radius 2 is 2.00 bits per heavy atom. The molecular weight excluding hydrogens is 294 g/mol. The summed E-state index contributed by atoms with van der Waals surface area (Å²) < 4.78 is 10.6. The third-order valence-corrected chi connectivity index (χ3v) is 3.54. The zero-order chi connectivity index (χ0) is 16.5. The second-order valence-electron chi connectivity index (χ2n) is 5.38. The van der Waals surface area contributed by atoms with Crippen molar-refractivity contribution in [2.75, 3.05) is 27.3 Å². The Balaban J connectivity index is 1.74. The van der Waals surface area contributed by atoms with Gasteiger partial charge in [0.15, 0.2) is 0 Å². The van der Waals surface area contributed by atoms with Crippen LogP contribution in [0.25, 0.3) is 11.5 Å². The summed E-state index contributed by atoms with van der Waals surface area (Å²) >= 11 is 0. The lowest BCUT2D eigenvalue weighted by Crippen LogP contribution is -2.28. The molecule has 0 aliphatic carbocycles. The number of aryl methyl sites for hydroxylation is 1. The summed E-state index contributed by atoms with van der Waals surface area (Å²) in [4.78, 5) is 13.7. The molecular formula is C17H23N3O3. The lowest BCUT2D eigenvalue weighted by atomic mass is 10.2. The number of ether oxygens (including phenoxy) is 1. The van der Waals surface area contributed by atoms with E-state index in [2.05, 4.69) is 10.2 Å². The highest BCUT2D eigenvalue weighted by atomic mass is 16.5. The zero-order valence-electron chi connectivity index (χ0n) is 13.7. The van der Waals surface area contributed by atoms with E-state index >= 15 is 0 Å². The molecule has 1 aromatic carbocycles. The van der Waals surface area contributed by atoms with E-state index in [-0.39, 0.29) is 5.91 Å². The summed E-state index contributed by atoms with van der Waals surface area (Å²) in [5.74, 6) is 1.21. The number of methoxy groups -OCH3 is 1. The first-order chi connectivity index (χ1) is 11.2. The van der Waals surface area contributed by atoms with Gasteiger partial charge in [-0.05, 0) is 25.0 Å². The van der Waals surface area contributed by atoms with Crippen LogP contribution in [0.2, 0.25) is 0 Å². The van der Waals surface area contributed by atoms with Gasteiger partial charge < -0.3 is 14.1 Å². The predicted molar refractivity (Wildman–Crippen MR) is 86.8 cm³/mol. The van der Waals surface area contributed by atoms with E-state index in [1.54, 1.807) is 12.0 Å². The molecule has 0 radical (unpaired) electrons. The van der Waals surface area contributed by atoms with E-state index in [9.17, 15) is 4.79 Å². The summed E-state index contributed by atoms with van der Waals surface area (Å²) in [6.07, 6.45) is 2.64. The maximum atomic E-state index is 12.0. The van der Waals surface area contributed by atoms with Crippen LogP contribution in [-0.4, -0.2) is 48.3 Å². The summed E-state index contributed by atoms with van der Waals surface area (Å²) in [5, 5.41) is 8.08. The number of carbonyl (C=O) groups excluding carboxylic acids is 1. The first-order valence-electron chi connectivity index (χ1n) is 7.81. The van der Waals surface area contributed by atoms with Crippen molar-refractivity contribution in [2.24, 2.45) is 0 Å². The standard InChI is InChI=1S/C17H23N3O3/c1-20(12-7-13-22-2)16(21)11-6-10-15-18-19-17(23-15)14-8-4-3-5-9-14/h3-5,8-9H,6-7,10-13H2,1-2H3. The molecule has 2 rings (SSSR count). The first kappa shape index (κ1) is 17.1. The number of hydrogen-bond donors (Lipinski definition) is 0. The van der Waals surface area contributed by atoms with Crippen molar-refractivity contribution in [3.05, 3.63) is 36.2 Å². The highest BCUT2D eigenvalue weighted by Crippen LogP contribution is 2.17. The molecule has 0 N–H and O–H groups in total. The van der Waals surface area contributed by atoms with Crippen LogP contribution in [-0.2, 0) is 16.0 Å². The second kappa shape index (κ2) is 9.05. The average Bonchev–Trinajstić information content (AvgIpc) is 3.04. The molecule has 6 heteroatoms. The minimum absolute atomic E-state index is 0.129. The van der Waals surface area contributed by atoms with Crippen molar-refractivity contribution in [1.82, 2.24) is 15.1 Å². The highest BCUT2D eigenvalue weighted by molar-refractivity contribution is 5.75. The molecule has 1 amide bonds. The highest BCUT2D eigenvalue weighted by Gasteiger charge is 2.11. The quantitative estimate of drug-likeness (QED) is 0.665. The van der Waals surface area contributed by atoms with Gasteiger partial charge in [-0.2, -0.15) is 0 Å². The van der Waals surface area contributed by atoms with E-state index in [1.807, 2.05) is 37.4 Å². The maximum Gasteiger partial charge on any atom is 0.247 e. The lowest BCUT2D eigenvalue weighted by Gasteiger charge is -2.16. The van der Waals surface area contributed by atoms with Crippen molar-refractivity contribution in [2.45, 2.75) is 25.7 Å². The molecule has 0 atom stereocenters. The maximum absolute atomic E-state index is 12.0. The van der Waals surface area contributed by atoms with E-state index < -0.39 is 0 Å². The van der Waals surface area contributed by atoms with Crippen LogP contribution in [0.5, 0.6) is 0 Å². The molecule has 0 saturated heterocycles. The number of carbonyl (C=O) groups is 1. The second-order valence-corrected chi connectivity index (χ2v) is 5.38. The van der Waals surface area contributed by atoms with Crippen LogP contribution in [0, 0.1) is 0 Å². The van der Waals surface area contributed by atoms with Crippen LogP contribution in [0.4, 0.5) is 0 Å². The number of hydrogen-bond acceptors (Lipinski definition) is 5. The lowest BCUT2D eigenvalue weighted by molar-refractivity contribution is -0.130. The fourth-order valence-corrected chi connectivity index (χ4v) is 2.20. The SMILES string of the molecule is COCCCN(C)C(=O)CCCc1nnc(-c2ccccc2)o1. The van der Waals surface area contributed by atoms with Crippen molar-refractivity contribution in [1.29, 1.82) is 0 Å². The van der Waals surface area contributed by atoms with Crippen molar-refractivity contribution in [3.8, 4) is 11.5 Å². The fraction of sp³-hybridized carbons (Fsp3) is 0.471. The number of aromatic nitrogens is 2. The monoisotopic (exact) mass is 317 g/mol. The van der Waals surface area contributed by atoms with Gasteiger partial charge in [-0.15, -0.1) is 10.2 Å². The topological polar surface area (TPSA) is 68.5 Å². The van der Waals surface area contributed by atoms with Crippen molar-refractivity contribution in [3.63, 3.8) is 0 Å². The third-order valence-electron chi connectivity index (χ3n) is 3.54. The Hall–Kier alpha value is -2.21. The molecule has 2 aromatic rings. The predicted octanol–water partition coefficient (Wildman–Crippen LogP) is 2.55. The molecule has 0 saturated carbocycles. The smallest absolute Gasteiger partial charge is 0.247 e. The average molecular weight is 317 g/mol. The molecule has 0 bridgehead atoms. The Kier molecular flexibility index (Phi) is 6.75. The first-order valence-corrected chi connectivity index (χ1v) is 7.81.